The molecule has 2 fully saturated rings. The molecule has 0 bridgehead atoms. The second-order valence-electron chi connectivity index (χ2n) is 6.43. The van der Waals surface area contributed by atoms with Gasteiger partial charge in [0.2, 0.25) is 5.91 Å². The van der Waals surface area contributed by atoms with Crippen LogP contribution in [0.1, 0.15) is 58.3 Å². The Balaban J connectivity index is 1.73. The normalized spacial score (nSPS) is 33.2. The number of amides is 1. The summed E-state index contributed by atoms with van der Waals surface area (Å²) in [4.78, 5) is 24.0. The van der Waals surface area contributed by atoms with Crippen molar-refractivity contribution in [3.05, 3.63) is 0 Å². The fraction of sp³-hybridized carbons (Fsp3) is 0.875. The molecule has 0 aromatic carbocycles. The highest BCUT2D eigenvalue weighted by Gasteiger charge is 2.30. The summed E-state index contributed by atoms with van der Waals surface area (Å²) >= 11 is 0. The monoisotopic (exact) mass is 296 g/mol. The lowest BCUT2D eigenvalue weighted by Crippen LogP contribution is -2.44. The second kappa shape index (κ2) is 7.78. The highest BCUT2D eigenvalue weighted by atomic mass is 16.5. The standard InChI is InChI=1S/C16H28N2O3/c1-2-21-16(20)11-6-8-14(9-7-11)18-15(19)12-4-3-5-13(17)10-12/h11-14H,2-10,17H2,1H3,(H,18,19). The quantitative estimate of drug-likeness (QED) is 0.774. The maximum atomic E-state index is 12.3. The summed E-state index contributed by atoms with van der Waals surface area (Å²) < 4.78 is 5.06. The van der Waals surface area contributed by atoms with Crippen molar-refractivity contribution < 1.29 is 14.3 Å². The average molecular weight is 296 g/mol. The van der Waals surface area contributed by atoms with E-state index < -0.39 is 0 Å². The van der Waals surface area contributed by atoms with E-state index in [1.807, 2.05) is 6.92 Å². The van der Waals surface area contributed by atoms with E-state index in [0.717, 1.165) is 51.4 Å². The number of hydrogen-bond acceptors (Lipinski definition) is 4. The molecule has 2 rings (SSSR count). The zero-order chi connectivity index (χ0) is 15.2. The van der Waals surface area contributed by atoms with E-state index in [2.05, 4.69) is 5.32 Å². The van der Waals surface area contributed by atoms with Gasteiger partial charge in [0, 0.05) is 18.0 Å². The Bertz CT molecular complexity index is 365. The number of hydrogen-bond donors (Lipinski definition) is 2. The lowest BCUT2D eigenvalue weighted by Gasteiger charge is -2.31. The minimum atomic E-state index is -0.0828. The van der Waals surface area contributed by atoms with Crippen LogP contribution in [0.25, 0.3) is 0 Å². The minimum Gasteiger partial charge on any atom is -0.466 e. The molecular formula is C16H28N2O3. The van der Waals surface area contributed by atoms with Gasteiger partial charge in [-0.2, -0.15) is 0 Å². The van der Waals surface area contributed by atoms with Crippen LogP contribution >= 0.6 is 0 Å². The van der Waals surface area contributed by atoms with E-state index in [-0.39, 0.29) is 35.8 Å². The van der Waals surface area contributed by atoms with Gasteiger partial charge in [-0.15, -0.1) is 0 Å². The Labute approximate surface area is 127 Å². The van der Waals surface area contributed by atoms with E-state index in [1.54, 1.807) is 0 Å². The SMILES string of the molecule is CCOC(=O)C1CCC(NC(=O)C2CCCC(N)C2)CC1. The number of nitrogens with two attached hydrogens (primary N) is 1. The largest absolute Gasteiger partial charge is 0.466 e. The lowest BCUT2D eigenvalue weighted by molar-refractivity contribution is -0.149. The molecule has 2 aliphatic rings. The molecule has 3 N–H and O–H groups in total. The van der Waals surface area contributed by atoms with Gasteiger partial charge < -0.3 is 15.8 Å². The maximum absolute atomic E-state index is 12.3. The van der Waals surface area contributed by atoms with E-state index in [0.29, 0.717) is 6.61 Å². The van der Waals surface area contributed by atoms with Crippen LogP contribution in [0.2, 0.25) is 0 Å². The summed E-state index contributed by atoms with van der Waals surface area (Å²) in [6, 6.07) is 0.385. The second-order valence-corrected chi connectivity index (χ2v) is 6.43. The molecule has 5 heteroatoms. The Morgan fingerprint density at radius 1 is 1.10 bits per heavy atom. The number of ether oxygens (including phenoxy) is 1. The van der Waals surface area contributed by atoms with E-state index in [4.69, 9.17) is 10.5 Å². The van der Waals surface area contributed by atoms with Crippen LogP contribution in [-0.4, -0.2) is 30.6 Å². The van der Waals surface area contributed by atoms with Crippen molar-refractivity contribution in [3.8, 4) is 0 Å². The fourth-order valence-corrected chi connectivity index (χ4v) is 3.52. The summed E-state index contributed by atoms with van der Waals surface area (Å²) in [6.45, 7) is 2.27. The first-order valence-electron chi connectivity index (χ1n) is 8.32. The van der Waals surface area contributed by atoms with E-state index >= 15 is 0 Å². The molecule has 0 aromatic rings. The molecule has 5 nitrogen and oxygen atoms in total. The smallest absolute Gasteiger partial charge is 0.308 e. The van der Waals surface area contributed by atoms with Crippen LogP contribution in [0.5, 0.6) is 0 Å². The number of esters is 1. The summed E-state index contributed by atoms with van der Waals surface area (Å²) in [5.74, 6) is 0.169. The molecule has 1 amide bonds. The van der Waals surface area contributed by atoms with Crippen molar-refractivity contribution in [2.75, 3.05) is 6.61 Å². The van der Waals surface area contributed by atoms with Gasteiger partial charge in [0.05, 0.1) is 12.5 Å². The van der Waals surface area contributed by atoms with E-state index in [1.165, 1.54) is 0 Å². The molecule has 0 radical (unpaired) electrons. The first-order chi connectivity index (χ1) is 10.1. The number of carbonyl (C=O) groups is 2. The van der Waals surface area contributed by atoms with Crippen LogP contribution in [0, 0.1) is 11.8 Å². The molecule has 0 spiro atoms. The van der Waals surface area contributed by atoms with Crippen molar-refractivity contribution in [2.45, 2.75) is 70.4 Å². The third-order valence-electron chi connectivity index (χ3n) is 4.78. The van der Waals surface area contributed by atoms with Gasteiger partial charge in [-0.25, -0.2) is 0 Å². The molecule has 0 heterocycles. The third-order valence-corrected chi connectivity index (χ3v) is 4.78. The van der Waals surface area contributed by atoms with Gasteiger partial charge in [0.15, 0.2) is 0 Å². The molecule has 21 heavy (non-hydrogen) atoms. The zero-order valence-corrected chi connectivity index (χ0v) is 13.0. The molecule has 2 atom stereocenters. The van der Waals surface area contributed by atoms with Gasteiger partial charge in [-0.3, -0.25) is 9.59 Å². The highest BCUT2D eigenvalue weighted by molar-refractivity contribution is 5.79. The molecule has 2 aliphatic carbocycles. The van der Waals surface area contributed by atoms with Gasteiger partial charge in [0.25, 0.3) is 0 Å². The van der Waals surface area contributed by atoms with Crippen molar-refractivity contribution in [1.82, 2.24) is 5.32 Å². The predicted molar refractivity (Wildman–Crippen MR) is 80.5 cm³/mol. The van der Waals surface area contributed by atoms with Crippen molar-refractivity contribution in [2.24, 2.45) is 17.6 Å². The molecular weight excluding hydrogens is 268 g/mol. The van der Waals surface area contributed by atoms with Gasteiger partial charge in [-0.05, 0) is 51.9 Å². The molecule has 2 unspecified atom stereocenters. The Morgan fingerprint density at radius 3 is 2.43 bits per heavy atom. The lowest BCUT2D eigenvalue weighted by atomic mass is 9.83. The van der Waals surface area contributed by atoms with Crippen molar-refractivity contribution in [1.29, 1.82) is 0 Å². The topological polar surface area (TPSA) is 81.4 Å². The Morgan fingerprint density at radius 2 is 1.81 bits per heavy atom. The summed E-state index contributed by atoms with van der Waals surface area (Å²) in [5.41, 5.74) is 5.94. The van der Waals surface area contributed by atoms with Crippen molar-refractivity contribution >= 4 is 11.9 Å². The Hall–Kier alpha value is -1.10. The highest BCUT2D eigenvalue weighted by Crippen LogP contribution is 2.27. The molecule has 0 aliphatic heterocycles. The van der Waals surface area contributed by atoms with Crippen molar-refractivity contribution in [3.63, 3.8) is 0 Å². The maximum Gasteiger partial charge on any atom is 0.308 e. The minimum absolute atomic E-state index is 0.0150. The van der Waals surface area contributed by atoms with E-state index in [9.17, 15) is 9.59 Å². The average Bonchev–Trinajstić information content (AvgIpc) is 2.48. The molecule has 0 saturated heterocycles. The number of rotatable bonds is 4. The van der Waals surface area contributed by atoms with Gasteiger partial charge >= 0.3 is 5.97 Å². The number of carbonyl (C=O) groups excluding carboxylic acids is 2. The summed E-state index contributed by atoms with van der Waals surface area (Å²) in [6.07, 6.45) is 7.22. The van der Waals surface area contributed by atoms with Gasteiger partial charge in [0.1, 0.15) is 0 Å². The van der Waals surface area contributed by atoms with Crippen LogP contribution < -0.4 is 11.1 Å². The fourth-order valence-electron chi connectivity index (χ4n) is 3.52. The van der Waals surface area contributed by atoms with Crippen LogP contribution in [0.15, 0.2) is 0 Å². The first-order valence-corrected chi connectivity index (χ1v) is 8.32. The van der Waals surface area contributed by atoms with Crippen LogP contribution in [0.4, 0.5) is 0 Å². The van der Waals surface area contributed by atoms with Gasteiger partial charge in [-0.1, -0.05) is 6.42 Å². The molecule has 0 aromatic heterocycles. The van der Waals surface area contributed by atoms with Crippen LogP contribution in [0.3, 0.4) is 0 Å². The molecule has 2 saturated carbocycles. The Kier molecular flexibility index (Phi) is 6.03. The number of nitrogens with one attached hydrogen (secondary N) is 1. The zero-order valence-electron chi connectivity index (χ0n) is 13.0. The summed E-state index contributed by atoms with van der Waals surface area (Å²) in [5, 5.41) is 3.15. The predicted octanol–water partition coefficient (Wildman–Crippen LogP) is 1.74. The first kappa shape index (κ1) is 16.3. The summed E-state index contributed by atoms with van der Waals surface area (Å²) in [7, 11) is 0. The third kappa shape index (κ3) is 4.70. The van der Waals surface area contributed by atoms with Crippen LogP contribution in [-0.2, 0) is 14.3 Å². The molecule has 120 valence electrons.